The minimum absolute atomic E-state index is 0.0391. The first-order valence-corrected chi connectivity index (χ1v) is 11.7. The van der Waals surface area contributed by atoms with Crippen LogP contribution < -0.4 is 0 Å². The van der Waals surface area contributed by atoms with Crippen molar-refractivity contribution in [3.8, 4) is 0 Å². The van der Waals surface area contributed by atoms with Crippen LogP contribution in [-0.4, -0.2) is 44.4 Å². The third kappa shape index (κ3) is 6.18. The van der Waals surface area contributed by atoms with Gasteiger partial charge in [0.1, 0.15) is 5.82 Å². The van der Waals surface area contributed by atoms with Gasteiger partial charge in [-0.2, -0.15) is 0 Å². The van der Waals surface area contributed by atoms with Crippen molar-refractivity contribution in [2.45, 2.75) is 24.5 Å². The van der Waals surface area contributed by atoms with Crippen molar-refractivity contribution < 1.29 is 4.79 Å². The summed E-state index contributed by atoms with van der Waals surface area (Å²) in [5.74, 6) is 1.28. The molecule has 0 saturated heterocycles. The second kappa shape index (κ2) is 11.5. The fourth-order valence-corrected chi connectivity index (χ4v) is 4.63. The Labute approximate surface area is 186 Å². The first kappa shape index (κ1) is 22.1. The second-order valence-electron chi connectivity index (χ2n) is 6.71. The number of aromatic nitrogens is 3. The van der Waals surface area contributed by atoms with Gasteiger partial charge in [0.2, 0.25) is 5.91 Å². The summed E-state index contributed by atoms with van der Waals surface area (Å²) in [4.78, 5) is 15.6. The molecule has 0 aliphatic heterocycles. The topological polar surface area (TPSA) is 51.0 Å². The van der Waals surface area contributed by atoms with Crippen molar-refractivity contribution >= 4 is 29.0 Å². The molecule has 3 aromatic rings. The lowest BCUT2D eigenvalue weighted by Gasteiger charge is -2.19. The number of hydrogen-bond acceptors (Lipinski definition) is 5. The molecule has 0 saturated carbocycles. The third-order valence-electron chi connectivity index (χ3n) is 4.55. The summed E-state index contributed by atoms with van der Waals surface area (Å²) in [7, 11) is 0. The van der Waals surface area contributed by atoms with E-state index in [2.05, 4.69) is 63.6 Å². The Balaban J connectivity index is 1.73. The van der Waals surface area contributed by atoms with E-state index in [1.54, 1.807) is 28.4 Å². The number of thioether (sulfide) groups is 1. The summed E-state index contributed by atoms with van der Waals surface area (Å²) in [6.45, 7) is 9.25. The number of rotatable bonds is 12. The molecule has 2 aromatic heterocycles. The molecule has 0 spiro atoms. The van der Waals surface area contributed by atoms with Crippen molar-refractivity contribution in [2.75, 3.05) is 18.8 Å². The van der Waals surface area contributed by atoms with Crippen LogP contribution in [0.4, 0.5) is 0 Å². The van der Waals surface area contributed by atoms with Gasteiger partial charge >= 0.3 is 0 Å². The van der Waals surface area contributed by atoms with E-state index in [0.29, 0.717) is 18.8 Å². The van der Waals surface area contributed by atoms with Crippen LogP contribution in [-0.2, 0) is 24.2 Å². The fraction of sp³-hybridized carbons (Fsp3) is 0.261. The molecule has 2 heterocycles. The lowest BCUT2D eigenvalue weighted by molar-refractivity contribution is -0.127. The average molecular weight is 439 g/mol. The molecule has 30 heavy (non-hydrogen) atoms. The molecule has 156 valence electrons. The lowest BCUT2D eigenvalue weighted by Crippen LogP contribution is -2.32. The molecule has 0 N–H and O–H groups in total. The summed E-state index contributed by atoms with van der Waals surface area (Å²) in [5, 5.41) is 11.7. The van der Waals surface area contributed by atoms with Crippen LogP contribution in [0.1, 0.15) is 16.3 Å². The largest absolute Gasteiger partial charge is 0.335 e. The van der Waals surface area contributed by atoms with Crippen molar-refractivity contribution in [1.29, 1.82) is 0 Å². The standard InChI is InChI=1S/C23H26N4OS2/c1-3-13-26(14-4-2)22(28)18-30-23-25-24-21(17-20-11-8-16-29-20)27(23)15-12-19-9-6-5-7-10-19/h3-11,16H,1-2,12-15,17-18H2. The molecule has 0 fully saturated rings. The zero-order valence-corrected chi connectivity index (χ0v) is 18.6. The summed E-state index contributed by atoms with van der Waals surface area (Å²) in [5.41, 5.74) is 1.27. The highest BCUT2D eigenvalue weighted by molar-refractivity contribution is 7.99. The van der Waals surface area contributed by atoms with E-state index in [0.717, 1.165) is 30.4 Å². The maximum Gasteiger partial charge on any atom is 0.233 e. The van der Waals surface area contributed by atoms with Crippen LogP contribution >= 0.6 is 23.1 Å². The van der Waals surface area contributed by atoms with Crippen molar-refractivity contribution in [1.82, 2.24) is 19.7 Å². The Kier molecular flexibility index (Phi) is 8.47. The summed E-state index contributed by atoms with van der Waals surface area (Å²) in [6, 6.07) is 14.5. The molecular weight excluding hydrogens is 412 g/mol. The van der Waals surface area contributed by atoms with E-state index in [4.69, 9.17) is 0 Å². The Hall–Kier alpha value is -2.64. The van der Waals surface area contributed by atoms with Gasteiger partial charge < -0.3 is 9.47 Å². The van der Waals surface area contributed by atoms with Gasteiger partial charge in [0, 0.05) is 30.9 Å². The lowest BCUT2D eigenvalue weighted by atomic mass is 10.1. The van der Waals surface area contributed by atoms with Crippen LogP contribution in [0, 0.1) is 0 Å². The third-order valence-corrected chi connectivity index (χ3v) is 6.38. The molecule has 0 bridgehead atoms. The number of aryl methyl sites for hydroxylation is 1. The average Bonchev–Trinajstić information content (AvgIpc) is 3.41. The SMILES string of the molecule is C=CCN(CC=C)C(=O)CSc1nnc(Cc2cccs2)n1CCc1ccccc1. The monoisotopic (exact) mass is 438 g/mol. The number of nitrogens with zero attached hydrogens (tertiary/aromatic N) is 4. The Morgan fingerprint density at radius 3 is 2.53 bits per heavy atom. The summed E-state index contributed by atoms with van der Waals surface area (Å²) >= 11 is 3.15. The van der Waals surface area contributed by atoms with E-state index in [1.165, 1.54) is 22.2 Å². The zero-order chi connectivity index (χ0) is 21.2. The molecule has 7 heteroatoms. The molecule has 1 amide bonds. The molecule has 0 atom stereocenters. The highest BCUT2D eigenvalue weighted by atomic mass is 32.2. The molecule has 0 unspecified atom stereocenters. The summed E-state index contributed by atoms with van der Waals surface area (Å²) in [6.07, 6.45) is 5.09. The van der Waals surface area contributed by atoms with Crippen LogP contribution in [0.25, 0.3) is 0 Å². The maximum absolute atomic E-state index is 12.6. The van der Waals surface area contributed by atoms with Gasteiger partial charge in [-0.1, -0.05) is 60.3 Å². The van der Waals surface area contributed by atoms with Crippen molar-refractivity contribution in [3.63, 3.8) is 0 Å². The van der Waals surface area contributed by atoms with Crippen LogP contribution in [0.5, 0.6) is 0 Å². The van der Waals surface area contributed by atoms with E-state index >= 15 is 0 Å². The smallest absolute Gasteiger partial charge is 0.233 e. The maximum atomic E-state index is 12.6. The Morgan fingerprint density at radius 2 is 1.87 bits per heavy atom. The van der Waals surface area contributed by atoms with E-state index in [1.807, 2.05) is 12.1 Å². The quantitative estimate of drug-likeness (QED) is 0.309. The molecule has 0 radical (unpaired) electrons. The number of benzene rings is 1. The van der Waals surface area contributed by atoms with Gasteiger partial charge in [-0.3, -0.25) is 4.79 Å². The highest BCUT2D eigenvalue weighted by Gasteiger charge is 2.17. The van der Waals surface area contributed by atoms with E-state index < -0.39 is 0 Å². The van der Waals surface area contributed by atoms with E-state index in [9.17, 15) is 4.79 Å². The molecule has 0 aliphatic carbocycles. The van der Waals surface area contributed by atoms with Crippen molar-refractivity contribution in [2.24, 2.45) is 0 Å². The number of thiophene rings is 1. The Bertz CT molecular complexity index is 941. The number of amides is 1. The Morgan fingerprint density at radius 1 is 1.10 bits per heavy atom. The minimum Gasteiger partial charge on any atom is -0.335 e. The van der Waals surface area contributed by atoms with Gasteiger partial charge in [0.25, 0.3) is 0 Å². The van der Waals surface area contributed by atoms with Crippen LogP contribution in [0.3, 0.4) is 0 Å². The van der Waals surface area contributed by atoms with Gasteiger partial charge in [-0.05, 0) is 23.4 Å². The fourth-order valence-electron chi connectivity index (χ4n) is 3.04. The van der Waals surface area contributed by atoms with Crippen molar-refractivity contribution in [3.05, 3.63) is 89.4 Å². The zero-order valence-electron chi connectivity index (χ0n) is 16.9. The molecule has 1 aromatic carbocycles. The second-order valence-corrected chi connectivity index (χ2v) is 8.68. The molecule has 0 aliphatic rings. The number of hydrogen-bond donors (Lipinski definition) is 0. The first-order chi connectivity index (χ1) is 14.7. The normalized spacial score (nSPS) is 10.7. The van der Waals surface area contributed by atoms with Gasteiger partial charge in [0.05, 0.1) is 5.75 Å². The van der Waals surface area contributed by atoms with Gasteiger partial charge in [0.15, 0.2) is 5.16 Å². The first-order valence-electron chi connectivity index (χ1n) is 9.82. The minimum atomic E-state index is 0.0391. The van der Waals surface area contributed by atoms with E-state index in [-0.39, 0.29) is 5.91 Å². The summed E-state index contributed by atoms with van der Waals surface area (Å²) < 4.78 is 2.15. The molecule has 5 nitrogen and oxygen atoms in total. The van der Waals surface area contributed by atoms with Crippen LogP contribution in [0.15, 0.2) is 78.3 Å². The van der Waals surface area contributed by atoms with Gasteiger partial charge in [-0.25, -0.2) is 0 Å². The number of carbonyl (C=O) groups excluding carboxylic acids is 1. The molecule has 3 rings (SSSR count). The highest BCUT2D eigenvalue weighted by Crippen LogP contribution is 2.21. The number of carbonyl (C=O) groups is 1. The predicted octanol–water partition coefficient (Wildman–Crippen LogP) is 4.47. The predicted molar refractivity (Wildman–Crippen MR) is 125 cm³/mol. The van der Waals surface area contributed by atoms with Crippen LogP contribution in [0.2, 0.25) is 0 Å². The molecular formula is C23H26N4OS2. The van der Waals surface area contributed by atoms with Gasteiger partial charge in [-0.15, -0.1) is 34.7 Å².